The zero-order chi connectivity index (χ0) is 14.5. The van der Waals surface area contributed by atoms with Gasteiger partial charge in [-0.15, -0.1) is 11.3 Å². The van der Waals surface area contributed by atoms with Crippen LogP contribution in [0, 0.1) is 6.92 Å². The summed E-state index contributed by atoms with van der Waals surface area (Å²) in [7, 11) is 6.16. The van der Waals surface area contributed by atoms with E-state index >= 15 is 0 Å². The number of anilines is 1. The maximum Gasteiger partial charge on any atom is 0.127 e. The highest BCUT2D eigenvalue weighted by Crippen LogP contribution is 2.14. The highest BCUT2D eigenvalue weighted by molar-refractivity contribution is 7.09. The van der Waals surface area contributed by atoms with Gasteiger partial charge in [0.1, 0.15) is 5.82 Å². The molecule has 0 N–H and O–H groups in total. The van der Waals surface area contributed by atoms with E-state index in [2.05, 4.69) is 41.0 Å². The van der Waals surface area contributed by atoms with Gasteiger partial charge in [-0.2, -0.15) is 0 Å². The van der Waals surface area contributed by atoms with Crippen LogP contribution < -0.4 is 4.90 Å². The van der Waals surface area contributed by atoms with Gasteiger partial charge in [0.2, 0.25) is 0 Å². The lowest BCUT2D eigenvalue weighted by molar-refractivity contribution is 0.331. The highest BCUT2D eigenvalue weighted by atomic mass is 32.1. The fourth-order valence-electron chi connectivity index (χ4n) is 2.02. The van der Waals surface area contributed by atoms with Gasteiger partial charge in [-0.1, -0.05) is 6.07 Å². The summed E-state index contributed by atoms with van der Waals surface area (Å²) >= 11 is 1.75. The molecule has 0 amide bonds. The number of nitrogens with zero attached hydrogens (tertiary/aromatic N) is 4. The van der Waals surface area contributed by atoms with E-state index in [0.29, 0.717) is 0 Å². The minimum absolute atomic E-state index is 0.929. The van der Waals surface area contributed by atoms with E-state index in [1.807, 2.05) is 30.7 Å². The number of likely N-dealkylation sites (N-methyl/N-ethyl adjacent to an activating group) is 1. The number of aryl methyl sites for hydroxylation is 1. The molecule has 0 saturated carbocycles. The number of hydrogen-bond acceptors (Lipinski definition) is 5. The fourth-order valence-corrected chi connectivity index (χ4v) is 2.79. The van der Waals surface area contributed by atoms with E-state index in [1.165, 1.54) is 16.1 Å². The maximum atomic E-state index is 4.45. The van der Waals surface area contributed by atoms with Gasteiger partial charge in [-0.3, -0.25) is 0 Å². The van der Waals surface area contributed by atoms with Crippen LogP contribution in [-0.2, 0) is 13.0 Å². The van der Waals surface area contributed by atoms with Crippen molar-refractivity contribution in [3.05, 3.63) is 40.0 Å². The molecule has 0 spiro atoms. The molecule has 2 aromatic heterocycles. The molecule has 0 radical (unpaired) electrons. The van der Waals surface area contributed by atoms with Crippen LogP contribution in [0.15, 0.2) is 23.8 Å². The minimum Gasteiger partial charge on any atom is -0.363 e. The Balaban J connectivity index is 1.85. The molecule has 0 aliphatic rings. The minimum atomic E-state index is 0.929. The van der Waals surface area contributed by atoms with Gasteiger partial charge >= 0.3 is 0 Å². The van der Waals surface area contributed by atoms with Crippen molar-refractivity contribution in [2.45, 2.75) is 19.9 Å². The van der Waals surface area contributed by atoms with Crippen LogP contribution in [0.3, 0.4) is 0 Å². The molecular weight excluding hydrogens is 268 g/mol. The second-order valence-corrected chi connectivity index (χ2v) is 6.21. The van der Waals surface area contributed by atoms with E-state index in [0.717, 1.165) is 25.3 Å². The van der Waals surface area contributed by atoms with Gasteiger partial charge in [0.05, 0.1) is 11.2 Å². The van der Waals surface area contributed by atoms with Crippen LogP contribution in [0.4, 0.5) is 5.82 Å². The molecule has 0 bridgehead atoms. The second kappa shape index (κ2) is 6.81. The SMILES string of the molecule is Cc1ncsc1CCN(C)Cc1ccc(N(C)C)nc1. The molecule has 5 heteroatoms. The zero-order valence-electron chi connectivity index (χ0n) is 12.6. The Morgan fingerprint density at radius 1 is 1.15 bits per heavy atom. The number of aromatic nitrogens is 2. The summed E-state index contributed by atoms with van der Waals surface area (Å²) in [5.74, 6) is 0.997. The molecule has 2 heterocycles. The van der Waals surface area contributed by atoms with E-state index in [4.69, 9.17) is 0 Å². The van der Waals surface area contributed by atoms with E-state index in [1.54, 1.807) is 11.3 Å². The van der Waals surface area contributed by atoms with Gasteiger partial charge in [0.25, 0.3) is 0 Å². The first-order chi connectivity index (χ1) is 9.56. The van der Waals surface area contributed by atoms with Crippen LogP contribution in [0.5, 0.6) is 0 Å². The molecular formula is C15H22N4S. The molecule has 0 fully saturated rings. The van der Waals surface area contributed by atoms with Crippen molar-refractivity contribution in [2.75, 3.05) is 32.6 Å². The van der Waals surface area contributed by atoms with Crippen LogP contribution in [-0.4, -0.2) is 42.6 Å². The Bertz CT molecular complexity index is 533. The standard InChI is InChI=1S/C15H22N4S/c1-12-14(20-11-17-12)7-8-19(4)10-13-5-6-15(16-9-13)18(2)3/h5-6,9,11H,7-8,10H2,1-4H3. The summed E-state index contributed by atoms with van der Waals surface area (Å²) in [4.78, 5) is 14.5. The van der Waals surface area contributed by atoms with E-state index in [-0.39, 0.29) is 0 Å². The van der Waals surface area contributed by atoms with Gasteiger partial charge in [-0.05, 0) is 32.0 Å². The van der Waals surface area contributed by atoms with Crippen molar-refractivity contribution < 1.29 is 0 Å². The molecule has 4 nitrogen and oxygen atoms in total. The Kier molecular flexibility index (Phi) is 5.09. The largest absolute Gasteiger partial charge is 0.363 e. The number of thiazole rings is 1. The predicted molar refractivity (Wildman–Crippen MR) is 85.5 cm³/mol. The Morgan fingerprint density at radius 2 is 1.95 bits per heavy atom. The lowest BCUT2D eigenvalue weighted by Gasteiger charge is -2.17. The Morgan fingerprint density at radius 3 is 2.50 bits per heavy atom. The van der Waals surface area contributed by atoms with Crippen LogP contribution >= 0.6 is 11.3 Å². The molecule has 20 heavy (non-hydrogen) atoms. The summed E-state index contributed by atoms with van der Waals surface area (Å²) in [5, 5.41) is 0. The summed E-state index contributed by atoms with van der Waals surface area (Å²) in [6.45, 7) is 4.05. The fraction of sp³-hybridized carbons (Fsp3) is 0.467. The van der Waals surface area contributed by atoms with Crippen molar-refractivity contribution in [1.29, 1.82) is 0 Å². The molecule has 0 atom stereocenters. The van der Waals surface area contributed by atoms with Crippen LogP contribution in [0.1, 0.15) is 16.1 Å². The quantitative estimate of drug-likeness (QED) is 0.818. The van der Waals surface area contributed by atoms with Gasteiger partial charge in [0.15, 0.2) is 0 Å². The maximum absolute atomic E-state index is 4.45. The van der Waals surface area contributed by atoms with Gasteiger partial charge in [0, 0.05) is 38.3 Å². The van der Waals surface area contributed by atoms with Crippen LogP contribution in [0.2, 0.25) is 0 Å². The van der Waals surface area contributed by atoms with Crippen molar-refractivity contribution >= 4 is 17.2 Å². The summed E-state index contributed by atoms with van der Waals surface area (Å²) in [6.07, 6.45) is 3.03. The normalized spacial score (nSPS) is 11.1. The Labute approximate surface area is 125 Å². The first kappa shape index (κ1) is 14.9. The molecule has 0 saturated heterocycles. The smallest absolute Gasteiger partial charge is 0.127 e. The molecule has 0 aliphatic heterocycles. The van der Waals surface area contributed by atoms with Crippen molar-refractivity contribution in [1.82, 2.24) is 14.9 Å². The molecule has 0 aliphatic carbocycles. The van der Waals surface area contributed by atoms with Crippen molar-refractivity contribution in [2.24, 2.45) is 0 Å². The van der Waals surface area contributed by atoms with Crippen molar-refractivity contribution in [3.8, 4) is 0 Å². The number of hydrogen-bond donors (Lipinski definition) is 0. The van der Waals surface area contributed by atoms with E-state index in [9.17, 15) is 0 Å². The van der Waals surface area contributed by atoms with Crippen LogP contribution in [0.25, 0.3) is 0 Å². The number of pyridine rings is 1. The lowest BCUT2D eigenvalue weighted by atomic mass is 10.2. The second-order valence-electron chi connectivity index (χ2n) is 5.27. The zero-order valence-corrected chi connectivity index (χ0v) is 13.4. The number of rotatable bonds is 6. The average molecular weight is 290 g/mol. The molecule has 0 aromatic carbocycles. The average Bonchev–Trinajstić information content (AvgIpc) is 2.82. The third-order valence-electron chi connectivity index (χ3n) is 3.29. The predicted octanol–water partition coefficient (Wildman–Crippen LogP) is 2.59. The lowest BCUT2D eigenvalue weighted by Crippen LogP contribution is -2.21. The van der Waals surface area contributed by atoms with Gasteiger partial charge < -0.3 is 9.80 Å². The first-order valence-electron chi connectivity index (χ1n) is 6.76. The monoisotopic (exact) mass is 290 g/mol. The van der Waals surface area contributed by atoms with E-state index < -0.39 is 0 Å². The molecule has 0 unspecified atom stereocenters. The Hall–Kier alpha value is -1.46. The van der Waals surface area contributed by atoms with Crippen molar-refractivity contribution in [3.63, 3.8) is 0 Å². The summed E-state index contributed by atoms with van der Waals surface area (Å²) in [6, 6.07) is 4.22. The molecule has 2 rings (SSSR count). The first-order valence-corrected chi connectivity index (χ1v) is 7.64. The highest BCUT2D eigenvalue weighted by Gasteiger charge is 2.05. The topological polar surface area (TPSA) is 32.3 Å². The summed E-state index contributed by atoms with van der Waals surface area (Å²) in [5.41, 5.74) is 4.34. The van der Waals surface area contributed by atoms with Gasteiger partial charge in [-0.25, -0.2) is 9.97 Å². The molecule has 108 valence electrons. The molecule has 2 aromatic rings. The third kappa shape index (κ3) is 4.02. The third-order valence-corrected chi connectivity index (χ3v) is 4.28. The summed E-state index contributed by atoms with van der Waals surface area (Å²) < 4.78 is 0.